The molecular weight excluding hydrogens is 725 g/mol. The Morgan fingerprint density at radius 1 is 1.04 bits per heavy atom. The normalized spacial score (nSPS) is 31.0. The maximum atomic E-state index is 14.9. The van der Waals surface area contributed by atoms with Crippen LogP contribution in [-0.4, -0.2) is 108 Å². The molecule has 6 aliphatic rings. The van der Waals surface area contributed by atoms with Gasteiger partial charge in [0.25, 0.3) is 5.91 Å². The minimum atomic E-state index is -3.89. The molecule has 3 aliphatic heterocycles. The lowest BCUT2D eigenvalue weighted by Crippen LogP contribution is -2.59. The van der Waals surface area contributed by atoms with Crippen molar-refractivity contribution < 1.29 is 37.1 Å². The summed E-state index contributed by atoms with van der Waals surface area (Å²) >= 11 is 0. The van der Waals surface area contributed by atoms with Crippen LogP contribution in [0.3, 0.4) is 0 Å². The maximum Gasteiger partial charge on any atom is 0.318 e. The Morgan fingerprint density at radius 2 is 1.84 bits per heavy atom. The van der Waals surface area contributed by atoms with Gasteiger partial charge >= 0.3 is 6.03 Å². The third-order valence-electron chi connectivity index (χ3n) is 12.1. The number of aromatic nitrogens is 1. The van der Waals surface area contributed by atoms with Crippen LogP contribution in [0, 0.1) is 11.8 Å². The van der Waals surface area contributed by atoms with Crippen molar-refractivity contribution in [1.82, 2.24) is 30.1 Å². The SMILES string of the molecule is C=C[C@@H]1C[C@]1(NC(=O)[C@@H]1C[C@@H]2CN1C(=O)[C@H](C1CCCC1)NC(=O)N1CC[C@@H](C1)OCCC/C=C/c1cc3ccccc3nc1O2)C(=O)NS(=O)(=O)C1CC1. The lowest BCUT2D eigenvalue weighted by atomic mass is 9.96. The number of hydrogen-bond acceptors (Lipinski definition) is 9. The van der Waals surface area contributed by atoms with Crippen LogP contribution in [0.5, 0.6) is 5.88 Å². The zero-order chi connectivity index (χ0) is 38.3. The van der Waals surface area contributed by atoms with E-state index in [2.05, 4.69) is 28.0 Å². The van der Waals surface area contributed by atoms with E-state index in [0.29, 0.717) is 44.8 Å². The van der Waals surface area contributed by atoms with Crippen LogP contribution >= 0.6 is 0 Å². The molecule has 4 bridgehead atoms. The van der Waals surface area contributed by atoms with Gasteiger partial charge in [-0.1, -0.05) is 49.3 Å². The highest BCUT2D eigenvalue weighted by Gasteiger charge is 2.62. The molecule has 5 fully saturated rings. The van der Waals surface area contributed by atoms with E-state index in [1.54, 1.807) is 4.90 Å². The number of sulfonamides is 1. The summed E-state index contributed by atoms with van der Waals surface area (Å²) in [5, 5.41) is 6.24. The molecule has 8 rings (SSSR count). The lowest BCUT2D eigenvalue weighted by Gasteiger charge is -2.33. The summed E-state index contributed by atoms with van der Waals surface area (Å²) in [4.78, 5) is 64.7. The number of rotatable bonds is 7. The van der Waals surface area contributed by atoms with Gasteiger partial charge in [0, 0.05) is 43.0 Å². The predicted octanol–water partition coefficient (Wildman–Crippen LogP) is 3.42. The molecule has 4 heterocycles. The Balaban J connectivity index is 1.12. The number of urea groups is 1. The third kappa shape index (κ3) is 7.82. The van der Waals surface area contributed by atoms with Gasteiger partial charge in [-0.05, 0) is 69.4 Å². The smallest absolute Gasteiger partial charge is 0.318 e. The van der Waals surface area contributed by atoms with Crippen molar-refractivity contribution in [2.45, 2.75) is 106 Å². The second kappa shape index (κ2) is 15.2. The minimum Gasteiger partial charge on any atom is -0.472 e. The second-order valence-corrected chi connectivity index (χ2v) is 17.9. The van der Waals surface area contributed by atoms with Crippen molar-refractivity contribution >= 4 is 50.8 Å². The van der Waals surface area contributed by atoms with Crippen LogP contribution in [0.25, 0.3) is 17.0 Å². The summed E-state index contributed by atoms with van der Waals surface area (Å²) in [7, 11) is -3.89. The number of benzene rings is 1. The Morgan fingerprint density at radius 3 is 2.60 bits per heavy atom. The number of nitrogens with zero attached hydrogens (tertiary/aromatic N) is 3. The van der Waals surface area contributed by atoms with Crippen molar-refractivity contribution in [3.05, 3.63) is 54.6 Å². The molecule has 14 nitrogen and oxygen atoms in total. The molecular formula is C40H50N6O8S. The molecule has 1 aromatic heterocycles. The summed E-state index contributed by atoms with van der Waals surface area (Å²) in [5.41, 5.74) is -0.0377. The predicted molar refractivity (Wildman–Crippen MR) is 204 cm³/mol. The van der Waals surface area contributed by atoms with Crippen LogP contribution < -0.4 is 20.1 Å². The van der Waals surface area contributed by atoms with E-state index in [9.17, 15) is 27.6 Å². The number of hydrogen-bond donors (Lipinski definition) is 3. The highest BCUT2D eigenvalue weighted by molar-refractivity contribution is 7.91. The zero-order valence-corrected chi connectivity index (χ0v) is 31.8. The molecule has 15 heteroatoms. The van der Waals surface area contributed by atoms with Crippen LogP contribution in [0.4, 0.5) is 4.79 Å². The largest absolute Gasteiger partial charge is 0.472 e. The molecule has 55 heavy (non-hydrogen) atoms. The summed E-state index contributed by atoms with van der Waals surface area (Å²) in [5.74, 6) is -2.06. The Kier molecular flexibility index (Phi) is 10.3. The van der Waals surface area contributed by atoms with Crippen LogP contribution in [0.15, 0.2) is 49.1 Å². The molecule has 1 aromatic carbocycles. The number of carbonyl (C=O) groups is 4. The average molecular weight is 775 g/mol. The molecule has 3 aliphatic carbocycles. The Hall–Kier alpha value is -4.50. The highest BCUT2D eigenvalue weighted by atomic mass is 32.2. The highest BCUT2D eigenvalue weighted by Crippen LogP contribution is 2.45. The standard InChI is InChI=1S/C40H50N6O8S/c1-2-28-22-40(28,38(49)44-55(51,52)31-15-16-31)43-35(47)33-21-30-24-46(33)37(48)34(25-10-5-6-11-25)42-39(50)45-18-17-29(23-45)53-19-9-3-4-13-27-20-26-12-7-8-14-32(26)41-36(27)54-30/h2,4,7-8,12-14,20,25,28-31,33-34H,1,3,5-6,9-11,15-19,21-24H2,(H,42,50)(H,43,47)(H,44,49)/b13-4+/t28-,29+,30-,33+,34+,40-/m1/s1. The molecule has 3 N–H and O–H groups in total. The maximum absolute atomic E-state index is 14.9. The molecule has 5 amide bonds. The summed E-state index contributed by atoms with van der Waals surface area (Å²) in [6, 6.07) is 7.43. The molecule has 2 saturated heterocycles. The lowest BCUT2D eigenvalue weighted by molar-refractivity contribution is -0.142. The van der Waals surface area contributed by atoms with Crippen molar-refractivity contribution in [3.63, 3.8) is 0 Å². The van der Waals surface area contributed by atoms with Crippen LogP contribution in [0.2, 0.25) is 0 Å². The van der Waals surface area contributed by atoms with Gasteiger partial charge in [0.1, 0.15) is 23.7 Å². The van der Waals surface area contributed by atoms with E-state index in [-0.39, 0.29) is 37.4 Å². The first kappa shape index (κ1) is 37.4. The molecule has 0 radical (unpaired) electrons. The van der Waals surface area contributed by atoms with E-state index in [1.807, 2.05) is 36.4 Å². The molecule has 2 aromatic rings. The third-order valence-corrected chi connectivity index (χ3v) is 13.9. The van der Waals surface area contributed by atoms with Gasteiger partial charge in [-0.25, -0.2) is 18.2 Å². The van der Waals surface area contributed by atoms with Gasteiger partial charge in [-0.2, -0.15) is 0 Å². The Bertz CT molecular complexity index is 2000. The Labute approximate surface area is 321 Å². The first-order valence-corrected chi connectivity index (χ1v) is 21.3. The fourth-order valence-corrected chi connectivity index (χ4v) is 10.0. The molecule has 6 atom stereocenters. The number of pyridine rings is 1. The van der Waals surface area contributed by atoms with Crippen molar-refractivity contribution in [1.29, 1.82) is 0 Å². The van der Waals surface area contributed by atoms with Crippen LogP contribution in [0.1, 0.15) is 76.2 Å². The topological polar surface area (TPSA) is 176 Å². The van der Waals surface area contributed by atoms with Crippen LogP contribution in [-0.2, 0) is 29.1 Å². The minimum absolute atomic E-state index is 0.0352. The summed E-state index contributed by atoms with van der Waals surface area (Å²) in [6.07, 6.45) is 11.6. The van der Waals surface area contributed by atoms with E-state index >= 15 is 0 Å². The fourth-order valence-electron chi connectivity index (χ4n) is 8.67. The second-order valence-electron chi connectivity index (χ2n) is 16.0. The first-order valence-electron chi connectivity index (χ1n) is 19.8. The number of ether oxygens (including phenoxy) is 2. The van der Waals surface area contributed by atoms with Crippen molar-refractivity contribution in [2.24, 2.45) is 11.8 Å². The van der Waals surface area contributed by atoms with Gasteiger partial charge in [0.15, 0.2) is 0 Å². The molecule has 0 spiro atoms. The fraction of sp³-hybridized carbons (Fsp3) is 0.575. The van der Waals surface area contributed by atoms with E-state index in [1.165, 1.54) is 11.0 Å². The van der Waals surface area contributed by atoms with E-state index in [0.717, 1.165) is 55.0 Å². The monoisotopic (exact) mass is 774 g/mol. The average Bonchev–Trinajstić information content (AvgIpc) is 3.94. The quantitative estimate of drug-likeness (QED) is 0.356. The van der Waals surface area contributed by atoms with Crippen molar-refractivity contribution in [2.75, 3.05) is 26.2 Å². The number of para-hydroxylation sites is 1. The van der Waals surface area contributed by atoms with Gasteiger partial charge < -0.3 is 29.9 Å². The summed E-state index contributed by atoms with van der Waals surface area (Å²) < 4.78 is 40.5. The zero-order valence-electron chi connectivity index (χ0n) is 31.0. The first-order chi connectivity index (χ1) is 26.5. The molecule has 0 unspecified atom stereocenters. The number of amides is 5. The summed E-state index contributed by atoms with van der Waals surface area (Å²) in [6.45, 7) is 5.34. The van der Waals surface area contributed by atoms with Gasteiger partial charge in [0.2, 0.25) is 27.7 Å². The number of fused-ring (bicyclic) bond motifs is 6. The molecule has 3 saturated carbocycles. The molecule has 294 valence electrons. The number of allylic oxidation sites excluding steroid dienone is 1. The number of carbonyl (C=O) groups excluding carboxylic acids is 4. The van der Waals surface area contributed by atoms with Crippen molar-refractivity contribution in [3.8, 4) is 5.88 Å². The number of nitrogens with one attached hydrogen (secondary N) is 3. The van der Waals surface area contributed by atoms with Gasteiger partial charge in [-0.3, -0.25) is 19.1 Å². The van der Waals surface area contributed by atoms with E-state index < -0.39 is 62.6 Å². The van der Waals surface area contributed by atoms with Gasteiger partial charge in [-0.15, -0.1) is 6.58 Å². The van der Waals surface area contributed by atoms with Gasteiger partial charge in [0.05, 0.1) is 23.4 Å². The van der Waals surface area contributed by atoms with E-state index in [4.69, 9.17) is 14.5 Å².